The molecule has 0 radical (unpaired) electrons. The van der Waals surface area contributed by atoms with E-state index in [0.717, 1.165) is 53.5 Å². The molecule has 0 spiro atoms. The number of urea groups is 1. The number of carbonyl (C=O) groups is 1. The third-order valence-electron chi connectivity index (χ3n) is 5.09. The highest BCUT2D eigenvalue weighted by Gasteiger charge is 2.16. The van der Waals surface area contributed by atoms with E-state index in [4.69, 9.17) is 4.98 Å². The molecule has 2 aromatic heterocycles. The zero-order valence-corrected chi connectivity index (χ0v) is 17.1. The molecule has 2 N–H and O–H groups in total. The van der Waals surface area contributed by atoms with Crippen LogP contribution in [0.5, 0.6) is 0 Å². The van der Waals surface area contributed by atoms with Crippen molar-refractivity contribution in [2.24, 2.45) is 0 Å². The molecule has 7 heteroatoms. The van der Waals surface area contributed by atoms with Crippen LogP contribution in [0, 0.1) is 6.92 Å². The maximum Gasteiger partial charge on any atom is 0.319 e. The minimum absolute atomic E-state index is 0.201. The predicted molar refractivity (Wildman–Crippen MR) is 116 cm³/mol. The summed E-state index contributed by atoms with van der Waals surface area (Å²) in [5.41, 5.74) is 2.90. The summed E-state index contributed by atoms with van der Waals surface area (Å²) < 4.78 is 0. The molecule has 0 aliphatic carbocycles. The molecule has 1 aromatic carbocycles. The molecule has 6 nitrogen and oxygen atoms in total. The largest absolute Gasteiger partial charge is 0.354 e. The van der Waals surface area contributed by atoms with Gasteiger partial charge in [0.15, 0.2) is 0 Å². The lowest BCUT2D eigenvalue weighted by Gasteiger charge is -2.33. The molecule has 0 atom stereocenters. The van der Waals surface area contributed by atoms with Gasteiger partial charge in [-0.05, 0) is 55.2 Å². The molecule has 28 heavy (non-hydrogen) atoms. The van der Waals surface area contributed by atoms with E-state index in [1.165, 1.54) is 5.56 Å². The highest BCUT2D eigenvalue weighted by molar-refractivity contribution is 7.09. The summed E-state index contributed by atoms with van der Waals surface area (Å²) in [6.07, 6.45) is 0. The van der Waals surface area contributed by atoms with Gasteiger partial charge in [0.2, 0.25) is 0 Å². The Morgan fingerprint density at radius 1 is 1.18 bits per heavy atom. The maximum atomic E-state index is 12.2. The second-order valence-corrected chi connectivity index (χ2v) is 8.24. The van der Waals surface area contributed by atoms with E-state index in [1.807, 2.05) is 35.7 Å². The van der Waals surface area contributed by atoms with Crippen molar-refractivity contribution >= 4 is 39.8 Å². The molecule has 2 amide bonds. The van der Waals surface area contributed by atoms with Crippen molar-refractivity contribution in [1.82, 2.24) is 15.2 Å². The number of hydrogen-bond acceptors (Lipinski definition) is 5. The number of benzene rings is 1. The first-order valence-electron chi connectivity index (χ1n) is 9.50. The lowest BCUT2D eigenvalue weighted by Crippen LogP contribution is -2.44. The van der Waals surface area contributed by atoms with Gasteiger partial charge in [0.05, 0.1) is 12.1 Å². The van der Waals surface area contributed by atoms with E-state index in [1.54, 1.807) is 11.3 Å². The summed E-state index contributed by atoms with van der Waals surface area (Å²) in [6, 6.07) is 11.8. The van der Waals surface area contributed by atoms with Gasteiger partial charge in [-0.1, -0.05) is 6.07 Å². The Kier molecular flexibility index (Phi) is 5.45. The Morgan fingerprint density at radius 2 is 2.00 bits per heavy atom. The Morgan fingerprint density at radius 3 is 2.75 bits per heavy atom. The summed E-state index contributed by atoms with van der Waals surface area (Å²) in [7, 11) is 2.15. The van der Waals surface area contributed by atoms with Crippen molar-refractivity contribution < 1.29 is 4.79 Å². The van der Waals surface area contributed by atoms with E-state index >= 15 is 0 Å². The molecule has 3 aromatic rings. The number of nitrogens with one attached hydrogen (secondary N) is 2. The van der Waals surface area contributed by atoms with Crippen molar-refractivity contribution in [2.45, 2.75) is 13.5 Å². The number of carbonyl (C=O) groups excluding carboxylic acids is 1. The van der Waals surface area contributed by atoms with Crippen LogP contribution in [0.4, 0.5) is 16.3 Å². The molecular weight excluding hydrogens is 370 g/mol. The number of piperazine rings is 1. The normalized spacial score (nSPS) is 15.0. The number of aromatic nitrogens is 1. The van der Waals surface area contributed by atoms with Crippen molar-refractivity contribution in [2.75, 3.05) is 43.4 Å². The smallest absolute Gasteiger partial charge is 0.319 e. The predicted octanol–water partition coefficient (Wildman–Crippen LogP) is 3.68. The van der Waals surface area contributed by atoms with Crippen LogP contribution in [0.15, 0.2) is 41.8 Å². The number of anilines is 2. The average molecular weight is 396 g/mol. The average Bonchev–Trinajstić information content (AvgIpc) is 3.21. The summed E-state index contributed by atoms with van der Waals surface area (Å²) in [4.78, 5) is 22.8. The van der Waals surface area contributed by atoms with E-state index in [-0.39, 0.29) is 6.03 Å². The van der Waals surface area contributed by atoms with Gasteiger partial charge in [0.1, 0.15) is 5.82 Å². The van der Waals surface area contributed by atoms with Gasteiger partial charge < -0.3 is 20.4 Å². The molecular formula is C21H25N5OS. The van der Waals surface area contributed by atoms with Crippen LogP contribution in [0.2, 0.25) is 0 Å². The number of amides is 2. The zero-order chi connectivity index (χ0) is 19.5. The van der Waals surface area contributed by atoms with Gasteiger partial charge in [0, 0.05) is 42.1 Å². The third kappa shape index (κ3) is 4.26. The van der Waals surface area contributed by atoms with Gasteiger partial charge in [0.25, 0.3) is 0 Å². The summed E-state index contributed by atoms with van der Waals surface area (Å²) in [5, 5.41) is 8.87. The molecule has 146 valence electrons. The first-order chi connectivity index (χ1) is 13.6. The fraction of sp³-hybridized carbons (Fsp3) is 0.333. The monoisotopic (exact) mass is 395 g/mol. The van der Waals surface area contributed by atoms with E-state index < -0.39 is 0 Å². The van der Waals surface area contributed by atoms with E-state index in [0.29, 0.717) is 6.54 Å². The van der Waals surface area contributed by atoms with Crippen LogP contribution < -0.4 is 15.5 Å². The second-order valence-electron chi connectivity index (χ2n) is 7.21. The van der Waals surface area contributed by atoms with Crippen LogP contribution in [0.3, 0.4) is 0 Å². The van der Waals surface area contributed by atoms with Gasteiger partial charge in [-0.2, -0.15) is 0 Å². The summed E-state index contributed by atoms with van der Waals surface area (Å²) in [6.45, 7) is 6.75. The Labute approximate surface area is 169 Å². The quantitative estimate of drug-likeness (QED) is 0.708. The SMILES string of the molecule is Cc1cc(N2CCN(C)CC2)nc2ccc(NC(=O)NCc3cccs3)cc12. The standard InChI is InChI=1S/C21H25N5OS/c1-15-12-20(26-9-7-25(2)8-10-26)24-19-6-5-16(13-18(15)19)23-21(27)22-14-17-4-3-11-28-17/h3-6,11-13H,7-10,14H2,1-2H3,(H2,22,23,27). The fourth-order valence-electron chi connectivity index (χ4n) is 3.41. The molecule has 3 heterocycles. The summed E-state index contributed by atoms with van der Waals surface area (Å²) >= 11 is 1.63. The Bertz CT molecular complexity index is 964. The van der Waals surface area contributed by atoms with Crippen LogP contribution in [0.25, 0.3) is 10.9 Å². The first-order valence-corrected chi connectivity index (χ1v) is 10.4. The maximum absolute atomic E-state index is 12.2. The number of hydrogen-bond donors (Lipinski definition) is 2. The molecule has 1 fully saturated rings. The second kappa shape index (κ2) is 8.16. The topological polar surface area (TPSA) is 60.5 Å². The molecule has 0 bridgehead atoms. The number of nitrogens with zero attached hydrogens (tertiary/aromatic N) is 3. The fourth-order valence-corrected chi connectivity index (χ4v) is 4.05. The minimum Gasteiger partial charge on any atom is -0.354 e. The number of fused-ring (bicyclic) bond motifs is 1. The molecule has 1 saturated heterocycles. The van der Waals surface area contributed by atoms with Crippen molar-refractivity contribution in [3.05, 3.63) is 52.2 Å². The van der Waals surface area contributed by atoms with E-state index in [2.05, 4.69) is 40.5 Å². The Hall–Kier alpha value is -2.64. The summed E-state index contributed by atoms with van der Waals surface area (Å²) in [5.74, 6) is 1.03. The van der Waals surface area contributed by atoms with E-state index in [9.17, 15) is 4.79 Å². The molecule has 4 rings (SSSR count). The Balaban J connectivity index is 1.47. The highest BCUT2D eigenvalue weighted by Crippen LogP contribution is 2.26. The number of thiophene rings is 1. The molecule has 0 saturated carbocycles. The molecule has 1 aliphatic rings. The van der Waals surface area contributed by atoms with Gasteiger partial charge in [-0.15, -0.1) is 11.3 Å². The van der Waals surface area contributed by atoms with Crippen LogP contribution in [-0.2, 0) is 6.54 Å². The lowest BCUT2D eigenvalue weighted by atomic mass is 10.1. The van der Waals surface area contributed by atoms with Crippen LogP contribution >= 0.6 is 11.3 Å². The minimum atomic E-state index is -0.201. The van der Waals surface area contributed by atoms with Crippen molar-refractivity contribution in [3.8, 4) is 0 Å². The van der Waals surface area contributed by atoms with Crippen LogP contribution in [-0.4, -0.2) is 49.1 Å². The van der Waals surface area contributed by atoms with Gasteiger partial charge in [-0.25, -0.2) is 9.78 Å². The number of likely N-dealkylation sites (N-methyl/N-ethyl adjacent to an activating group) is 1. The molecule has 1 aliphatic heterocycles. The van der Waals surface area contributed by atoms with Crippen LogP contribution in [0.1, 0.15) is 10.4 Å². The number of rotatable bonds is 4. The lowest BCUT2D eigenvalue weighted by molar-refractivity contribution is 0.252. The van der Waals surface area contributed by atoms with Crippen molar-refractivity contribution in [3.63, 3.8) is 0 Å². The van der Waals surface area contributed by atoms with Gasteiger partial charge >= 0.3 is 6.03 Å². The first kappa shape index (κ1) is 18.7. The third-order valence-corrected chi connectivity index (χ3v) is 5.97. The van der Waals surface area contributed by atoms with Crippen molar-refractivity contribution in [1.29, 1.82) is 0 Å². The van der Waals surface area contributed by atoms with Gasteiger partial charge in [-0.3, -0.25) is 0 Å². The molecule has 0 unspecified atom stereocenters. The number of aryl methyl sites for hydroxylation is 1. The number of pyridine rings is 1. The highest BCUT2D eigenvalue weighted by atomic mass is 32.1. The zero-order valence-electron chi connectivity index (χ0n) is 16.2.